The van der Waals surface area contributed by atoms with Gasteiger partial charge in [0.25, 0.3) is 0 Å². The predicted molar refractivity (Wildman–Crippen MR) is 90.3 cm³/mol. The van der Waals surface area contributed by atoms with Gasteiger partial charge in [-0.2, -0.15) is 0 Å². The smallest absolute Gasteiger partial charge is 0.193 e. The van der Waals surface area contributed by atoms with Crippen LogP contribution in [0, 0.1) is 11.3 Å². The van der Waals surface area contributed by atoms with Gasteiger partial charge in [-0.05, 0) is 25.7 Å². The SMILES string of the molecule is CCNC(=NCC(C)C)N1CCC2(CCOC2)C1.I. The predicted octanol–water partition coefficient (Wildman–Crippen LogP) is 2.34. The van der Waals surface area contributed by atoms with Crippen molar-refractivity contribution in [2.24, 2.45) is 16.3 Å². The Labute approximate surface area is 134 Å². The van der Waals surface area contributed by atoms with Crippen molar-refractivity contribution >= 4 is 29.9 Å². The van der Waals surface area contributed by atoms with Crippen LogP contribution in [0.2, 0.25) is 0 Å². The minimum atomic E-state index is 0. The van der Waals surface area contributed by atoms with Crippen molar-refractivity contribution in [2.75, 3.05) is 39.4 Å². The standard InChI is InChI=1S/C14H27N3O.HI/c1-4-15-13(16-9-12(2)3)17-7-5-14(10-17)6-8-18-11-14;/h12H,4-11H2,1-3H3,(H,15,16);1H. The number of nitrogens with one attached hydrogen (secondary N) is 1. The van der Waals surface area contributed by atoms with Gasteiger partial charge in [-0.15, -0.1) is 24.0 Å². The second-order valence-electron chi connectivity index (χ2n) is 6.06. The van der Waals surface area contributed by atoms with Gasteiger partial charge in [-0.25, -0.2) is 0 Å². The van der Waals surface area contributed by atoms with Crippen LogP contribution in [0.4, 0.5) is 0 Å². The zero-order valence-corrected chi connectivity index (χ0v) is 14.8. The Kier molecular flexibility index (Phi) is 6.86. The lowest BCUT2D eigenvalue weighted by molar-refractivity contribution is 0.156. The highest BCUT2D eigenvalue weighted by molar-refractivity contribution is 14.0. The van der Waals surface area contributed by atoms with Crippen LogP contribution in [0.15, 0.2) is 4.99 Å². The second kappa shape index (κ2) is 7.67. The van der Waals surface area contributed by atoms with Crippen molar-refractivity contribution in [3.8, 4) is 0 Å². The number of halogens is 1. The highest BCUT2D eigenvalue weighted by atomic mass is 127. The zero-order chi connectivity index (χ0) is 13.0. The van der Waals surface area contributed by atoms with Gasteiger partial charge in [-0.3, -0.25) is 4.99 Å². The van der Waals surface area contributed by atoms with E-state index in [1.165, 1.54) is 12.8 Å². The molecule has 0 amide bonds. The minimum Gasteiger partial charge on any atom is -0.381 e. The normalized spacial score (nSPS) is 27.2. The summed E-state index contributed by atoms with van der Waals surface area (Å²) >= 11 is 0. The maximum atomic E-state index is 5.58. The average Bonchev–Trinajstić information content (AvgIpc) is 2.96. The lowest BCUT2D eigenvalue weighted by Crippen LogP contribution is -2.41. The van der Waals surface area contributed by atoms with Crippen LogP contribution in [-0.4, -0.2) is 50.3 Å². The third-order valence-corrected chi connectivity index (χ3v) is 3.86. The molecule has 0 aromatic heterocycles. The Balaban J connectivity index is 0.00000180. The molecule has 0 bridgehead atoms. The van der Waals surface area contributed by atoms with Crippen molar-refractivity contribution in [3.05, 3.63) is 0 Å². The summed E-state index contributed by atoms with van der Waals surface area (Å²) in [5.41, 5.74) is 0.411. The maximum absolute atomic E-state index is 5.58. The topological polar surface area (TPSA) is 36.9 Å². The van der Waals surface area contributed by atoms with Crippen LogP contribution < -0.4 is 5.32 Å². The van der Waals surface area contributed by atoms with Crippen LogP contribution >= 0.6 is 24.0 Å². The first-order chi connectivity index (χ1) is 8.65. The number of aliphatic imine (C=N–C) groups is 1. The van der Waals surface area contributed by atoms with E-state index in [2.05, 4.69) is 31.0 Å². The fraction of sp³-hybridized carbons (Fsp3) is 0.929. The van der Waals surface area contributed by atoms with Crippen LogP contribution in [0.3, 0.4) is 0 Å². The molecule has 112 valence electrons. The molecule has 2 rings (SSSR count). The van der Waals surface area contributed by atoms with E-state index >= 15 is 0 Å². The molecule has 0 aromatic carbocycles. The molecule has 2 heterocycles. The van der Waals surface area contributed by atoms with Gasteiger partial charge >= 0.3 is 0 Å². The summed E-state index contributed by atoms with van der Waals surface area (Å²) < 4.78 is 5.58. The summed E-state index contributed by atoms with van der Waals surface area (Å²) in [7, 11) is 0. The molecule has 0 aliphatic carbocycles. The first kappa shape index (κ1) is 17.0. The van der Waals surface area contributed by atoms with Crippen molar-refractivity contribution in [3.63, 3.8) is 0 Å². The zero-order valence-electron chi connectivity index (χ0n) is 12.4. The van der Waals surface area contributed by atoms with E-state index < -0.39 is 0 Å². The van der Waals surface area contributed by atoms with Crippen molar-refractivity contribution in [1.29, 1.82) is 0 Å². The Morgan fingerprint density at radius 1 is 1.42 bits per heavy atom. The maximum Gasteiger partial charge on any atom is 0.193 e. The van der Waals surface area contributed by atoms with Gasteiger partial charge in [0, 0.05) is 38.2 Å². The summed E-state index contributed by atoms with van der Waals surface area (Å²) in [6.45, 7) is 12.5. The largest absolute Gasteiger partial charge is 0.381 e. The highest BCUT2D eigenvalue weighted by Gasteiger charge is 2.42. The van der Waals surface area contributed by atoms with E-state index in [9.17, 15) is 0 Å². The summed E-state index contributed by atoms with van der Waals surface area (Å²) in [6, 6.07) is 0. The van der Waals surface area contributed by atoms with Crippen LogP contribution in [-0.2, 0) is 4.74 Å². The van der Waals surface area contributed by atoms with Crippen LogP contribution in [0.1, 0.15) is 33.6 Å². The van der Waals surface area contributed by atoms with E-state index in [1.807, 2.05) is 0 Å². The molecular formula is C14H28IN3O. The third kappa shape index (κ3) is 4.48. The van der Waals surface area contributed by atoms with Gasteiger partial charge in [0.15, 0.2) is 5.96 Å². The molecule has 2 fully saturated rings. The molecular weight excluding hydrogens is 353 g/mol. The molecule has 1 spiro atoms. The Bertz CT molecular complexity index is 301. The summed E-state index contributed by atoms with van der Waals surface area (Å²) in [5, 5.41) is 3.42. The lowest BCUT2D eigenvalue weighted by Gasteiger charge is -2.25. The summed E-state index contributed by atoms with van der Waals surface area (Å²) in [4.78, 5) is 7.16. The van der Waals surface area contributed by atoms with E-state index in [0.29, 0.717) is 11.3 Å². The van der Waals surface area contributed by atoms with Gasteiger partial charge in [-0.1, -0.05) is 13.8 Å². The molecule has 1 unspecified atom stereocenters. The number of guanidine groups is 1. The third-order valence-electron chi connectivity index (χ3n) is 3.86. The van der Waals surface area contributed by atoms with Gasteiger partial charge in [0.2, 0.25) is 0 Å². The summed E-state index contributed by atoms with van der Waals surface area (Å²) in [5.74, 6) is 1.71. The van der Waals surface area contributed by atoms with Crippen LogP contribution in [0.5, 0.6) is 0 Å². The molecule has 19 heavy (non-hydrogen) atoms. The molecule has 1 atom stereocenters. The molecule has 4 nitrogen and oxygen atoms in total. The fourth-order valence-electron chi connectivity index (χ4n) is 2.78. The number of rotatable bonds is 3. The van der Waals surface area contributed by atoms with Crippen molar-refractivity contribution in [1.82, 2.24) is 10.2 Å². The molecule has 2 aliphatic rings. The lowest BCUT2D eigenvalue weighted by atomic mass is 9.87. The van der Waals surface area contributed by atoms with Gasteiger partial charge < -0.3 is 15.0 Å². The average molecular weight is 381 g/mol. The molecule has 5 heteroatoms. The van der Waals surface area contributed by atoms with E-state index in [1.54, 1.807) is 0 Å². The molecule has 0 radical (unpaired) electrons. The summed E-state index contributed by atoms with van der Waals surface area (Å²) in [6.07, 6.45) is 2.46. The molecule has 2 aliphatic heterocycles. The van der Waals surface area contributed by atoms with E-state index in [4.69, 9.17) is 9.73 Å². The first-order valence-electron chi connectivity index (χ1n) is 7.26. The minimum absolute atomic E-state index is 0. The van der Waals surface area contributed by atoms with Gasteiger partial charge in [0.1, 0.15) is 0 Å². The fourth-order valence-corrected chi connectivity index (χ4v) is 2.78. The number of likely N-dealkylation sites (tertiary alicyclic amines) is 1. The first-order valence-corrected chi connectivity index (χ1v) is 7.26. The monoisotopic (exact) mass is 381 g/mol. The number of hydrogen-bond acceptors (Lipinski definition) is 2. The molecule has 1 N–H and O–H groups in total. The Morgan fingerprint density at radius 3 is 2.79 bits per heavy atom. The second-order valence-corrected chi connectivity index (χ2v) is 6.06. The van der Waals surface area contributed by atoms with Crippen molar-refractivity contribution < 1.29 is 4.74 Å². The number of hydrogen-bond donors (Lipinski definition) is 1. The van der Waals surface area contributed by atoms with Gasteiger partial charge in [0.05, 0.1) is 6.61 Å². The molecule has 0 saturated carbocycles. The molecule has 2 saturated heterocycles. The van der Waals surface area contributed by atoms with Crippen LogP contribution in [0.25, 0.3) is 0 Å². The number of nitrogens with zero attached hydrogens (tertiary/aromatic N) is 2. The molecule has 0 aromatic rings. The highest BCUT2D eigenvalue weighted by Crippen LogP contribution is 2.38. The Hall–Kier alpha value is -0.0400. The van der Waals surface area contributed by atoms with E-state index in [0.717, 1.165) is 45.4 Å². The Morgan fingerprint density at radius 2 is 2.21 bits per heavy atom. The quantitative estimate of drug-likeness (QED) is 0.463. The van der Waals surface area contributed by atoms with Crippen molar-refractivity contribution in [2.45, 2.75) is 33.6 Å². The number of ether oxygens (including phenoxy) is 1. The van der Waals surface area contributed by atoms with E-state index in [-0.39, 0.29) is 24.0 Å².